The van der Waals surface area contributed by atoms with Gasteiger partial charge in [0.2, 0.25) is 0 Å². The first-order valence-electron chi connectivity index (χ1n) is 8.22. The minimum atomic E-state index is 0.0150. The molecule has 1 unspecified atom stereocenters. The Balaban J connectivity index is 1.87. The van der Waals surface area contributed by atoms with E-state index in [2.05, 4.69) is 11.8 Å². The summed E-state index contributed by atoms with van der Waals surface area (Å²) in [6.07, 6.45) is 0. The maximum atomic E-state index is 12.3. The lowest BCUT2D eigenvalue weighted by Crippen LogP contribution is -2.29. The maximum Gasteiger partial charge on any atom is 0.193 e. The third-order valence-electron chi connectivity index (χ3n) is 3.79. The molecule has 0 fully saturated rings. The van der Waals surface area contributed by atoms with Crippen LogP contribution in [0.15, 0.2) is 54.6 Å². The molecular formula is C20H25NO3. The zero-order valence-electron chi connectivity index (χ0n) is 14.3. The highest BCUT2D eigenvalue weighted by molar-refractivity contribution is 6.08. The van der Waals surface area contributed by atoms with E-state index < -0.39 is 0 Å². The number of ether oxygens (including phenoxy) is 1. The van der Waals surface area contributed by atoms with Crippen LogP contribution in [0.3, 0.4) is 0 Å². The lowest BCUT2D eigenvalue weighted by atomic mass is 10.0. The number of carbonyl (C=O) groups excluding carboxylic acids is 1. The zero-order chi connectivity index (χ0) is 17.4. The first-order chi connectivity index (χ1) is 11.6. The Morgan fingerprint density at radius 2 is 1.71 bits per heavy atom. The molecule has 4 nitrogen and oxygen atoms in total. The number of ketones is 1. The van der Waals surface area contributed by atoms with E-state index in [9.17, 15) is 4.79 Å². The molecule has 4 heteroatoms. The van der Waals surface area contributed by atoms with Gasteiger partial charge in [0.1, 0.15) is 5.75 Å². The Bertz CT molecular complexity index is 625. The number of carbonyl (C=O) groups is 1. The number of benzene rings is 2. The van der Waals surface area contributed by atoms with Crippen molar-refractivity contribution in [2.75, 3.05) is 33.4 Å². The van der Waals surface area contributed by atoms with E-state index in [0.717, 1.165) is 12.3 Å². The molecule has 0 heterocycles. The molecule has 0 saturated heterocycles. The minimum absolute atomic E-state index is 0.0150. The van der Waals surface area contributed by atoms with Crippen LogP contribution in [0.5, 0.6) is 5.75 Å². The van der Waals surface area contributed by atoms with Crippen LogP contribution in [0.1, 0.15) is 22.8 Å². The summed E-state index contributed by atoms with van der Waals surface area (Å²) in [4.78, 5) is 14.4. The summed E-state index contributed by atoms with van der Waals surface area (Å²) in [5.41, 5.74) is 1.34. The van der Waals surface area contributed by atoms with E-state index in [0.29, 0.717) is 30.2 Å². The van der Waals surface area contributed by atoms with Gasteiger partial charge < -0.3 is 14.7 Å². The van der Waals surface area contributed by atoms with E-state index in [1.54, 1.807) is 12.1 Å². The molecule has 2 rings (SSSR count). The van der Waals surface area contributed by atoms with Crippen molar-refractivity contribution in [1.29, 1.82) is 0 Å². The molecule has 1 atom stereocenters. The number of aliphatic hydroxyl groups is 1. The largest absolute Gasteiger partial charge is 0.493 e. The van der Waals surface area contributed by atoms with Gasteiger partial charge in [0.15, 0.2) is 5.78 Å². The Morgan fingerprint density at radius 1 is 1.08 bits per heavy atom. The summed E-state index contributed by atoms with van der Waals surface area (Å²) < 4.78 is 5.79. The molecule has 0 spiro atoms. The van der Waals surface area contributed by atoms with Gasteiger partial charge in [-0.3, -0.25) is 4.79 Å². The highest BCUT2D eigenvalue weighted by Gasteiger charge is 2.10. The molecule has 1 N–H and O–H groups in total. The van der Waals surface area contributed by atoms with Crippen LogP contribution < -0.4 is 4.74 Å². The Hall–Kier alpha value is -2.17. The highest BCUT2D eigenvalue weighted by Crippen LogP contribution is 2.16. The number of hydrogen-bond donors (Lipinski definition) is 1. The van der Waals surface area contributed by atoms with Gasteiger partial charge >= 0.3 is 0 Å². The SMILES string of the molecule is CC(COc1ccc(C(=O)c2ccccc2)cc1)CN(C)CCO. The second-order valence-corrected chi connectivity index (χ2v) is 6.12. The Labute approximate surface area is 143 Å². The van der Waals surface area contributed by atoms with E-state index in [4.69, 9.17) is 9.84 Å². The van der Waals surface area contributed by atoms with Gasteiger partial charge in [-0.25, -0.2) is 0 Å². The van der Waals surface area contributed by atoms with Crippen LogP contribution in [-0.4, -0.2) is 49.1 Å². The molecular weight excluding hydrogens is 302 g/mol. The Kier molecular flexibility index (Phi) is 6.97. The third kappa shape index (κ3) is 5.48. The molecule has 0 amide bonds. The molecule has 2 aromatic rings. The summed E-state index contributed by atoms with van der Waals surface area (Å²) >= 11 is 0. The fourth-order valence-corrected chi connectivity index (χ4v) is 2.54. The number of nitrogens with zero attached hydrogens (tertiary/aromatic N) is 1. The predicted molar refractivity (Wildman–Crippen MR) is 95.6 cm³/mol. The monoisotopic (exact) mass is 327 g/mol. The average molecular weight is 327 g/mol. The fraction of sp³-hybridized carbons (Fsp3) is 0.350. The molecule has 24 heavy (non-hydrogen) atoms. The molecule has 0 bridgehead atoms. The molecule has 2 aromatic carbocycles. The third-order valence-corrected chi connectivity index (χ3v) is 3.79. The number of likely N-dealkylation sites (N-methyl/N-ethyl adjacent to an activating group) is 1. The number of rotatable bonds is 9. The summed E-state index contributed by atoms with van der Waals surface area (Å²) in [6, 6.07) is 16.5. The molecule has 128 valence electrons. The topological polar surface area (TPSA) is 49.8 Å². The van der Waals surface area contributed by atoms with Crippen molar-refractivity contribution in [2.45, 2.75) is 6.92 Å². The van der Waals surface area contributed by atoms with Crippen LogP contribution >= 0.6 is 0 Å². The quantitative estimate of drug-likeness (QED) is 0.720. The normalized spacial score (nSPS) is 12.2. The van der Waals surface area contributed by atoms with E-state index in [1.807, 2.05) is 49.5 Å². The summed E-state index contributed by atoms with van der Waals surface area (Å²) in [5, 5.41) is 8.91. The standard InChI is InChI=1S/C20H25NO3/c1-16(14-21(2)12-13-22)15-24-19-10-8-18(9-11-19)20(23)17-6-4-3-5-7-17/h3-11,16,22H,12-15H2,1-2H3. The van der Waals surface area contributed by atoms with E-state index in [-0.39, 0.29) is 12.4 Å². The zero-order valence-corrected chi connectivity index (χ0v) is 14.3. The van der Waals surface area contributed by atoms with Crippen molar-refractivity contribution < 1.29 is 14.6 Å². The first-order valence-corrected chi connectivity index (χ1v) is 8.22. The molecule has 0 aliphatic rings. The van der Waals surface area contributed by atoms with Gasteiger partial charge in [0.25, 0.3) is 0 Å². The second-order valence-electron chi connectivity index (χ2n) is 6.12. The van der Waals surface area contributed by atoms with Crippen molar-refractivity contribution in [2.24, 2.45) is 5.92 Å². The lowest BCUT2D eigenvalue weighted by Gasteiger charge is -2.20. The summed E-state index contributed by atoms with van der Waals surface area (Å²) in [7, 11) is 1.98. The van der Waals surface area contributed by atoms with Gasteiger partial charge in [-0.05, 0) is 31.3 Å². The number of hydrogen-bond acceptors (Lipinski definition) is 4. The van der Waals surface area contributed by atoms with Crippen molar-refractivity contribution >= 4 is 5.78 Å². The molecule has 0 aliphatic carbocycles. The Morgan fingerprint density at radius 3 is 2.33 bits per heavy atom. The van der Waals surface area contributed by atoms with Gasteiger partial charge in [-0.1, -0.05) is 37.3 Å². The van der Waals surface area contributed by atoms with Gasteiger partial charge in [-0.2, -0.15) is 0 Å². The summed E-state index contributed by atoms with van der Waals surface area (Å²) in [6.45, 7) is 4.41. The first kappa shape index (κ1) is 18.2. The smallest absolute Gasteiger partial charge is 0.193 e. The van der Waals surface area contributed by atoms with E-state index in [1.165, 1.54) is 0 Å². The van der Waals surface area contributed by atoms with Crippen LogP contribution in [0, 0.1) is 5.92 Å². The highest BCUT2D eigenvalue weighted by atomic mass is 16.5. The predicted octanol–water partition coefficient (Wildman–Crippen LogP) is 2.86. The maximum absolute atomic E-state index is 12.3. The minimum Gasteiger partial charge on any atom is -0.493 e. The van der Waals surface area contributed by atoms with Crippen LogP contribution in [0.4, 0.5) is 0 Å². The number of aliphatic hydroxyl groups excluding tert-OH is 1. The lowest BCUT2D eigenvalue weighted by molar-refractivity contribution is 0.103. The molecule has 0 saturated carbocycles. The van der Waals surface area contributed by atoms with Crippen molar-refractivity contribution in [3.63, 3.8) is 0 Å². The van der Waals surface area contributed by atoms with Crippen LogP contribution in [0.25, 0.3) is 0 Å². The van der Waals surface area contributed by atoms with Gasteiger partial charge in [0, 0.05) is 30.1 Å². The molecule has 0 aromatic heterocycles. The molecule has 0 aliphatic heterocycles. The van der Waals surface area contributed by atoms with Crippen LogP contribution in [-0.2, 0) is 0 Å². The van der Waals surface area contributed by atoms with Gasteiger partial charge in [-0.15, -0.1) is 0 Å². The van der Waals surface area contributed by atoms with Crippen molar-refractivity contribution in [3.05, 3.63) is 65.7 Å². The average Bonchev–Trinajstić information content (AvgIpc) is 2.61. The van der Waals surface area contributed by atoms with Crippen molar-refractivity contribution in [3.8, 4) is 5.75 Å². The van der Waals surface area contributed by atoms with E-state index >= 15 is 0 Å². The fourth-order valence-electron chi connectivity index (χ4n) is 2.54. The van der Waals surface area contributed by atoms with Crippen LogP contribution in [0.2, 0.25) is 0 Å². The van der Waals surface area contributed by atoms with Gasteiger partial charge in [0.05, 0.1) is 13.2 Å². The molecule has 0 radical (unpaired) electrons. The van der Waals surface area contributed by atoms with Crippen molar-refractivity contribution in [1.82, 2.24) is 4.90 Å². The second kappa shape index (κ2) is 9.21. The summed E-state index contributed by atoms with van der Waals surface area (Å²) in [5.74, 6) is 1.13.